The van der Waals surface area contributed by atoms with E-state index in [0.717, 1.165) is 39.8 Å². The fraction of sp³-hybridized carbons (Fsp3) is 0.179. The second-order valence-electron chi connectivity index (χ2n) is 8.33. The molecule has 0 radical (unpaired) electrons. The Bertz CT molecular complexity index is 1380. The lowest BCUT2D eigenvalue weighted by Gasteiger charge is -2.22. The predicted molar refractivity (Wildman–Crippen MR) is 134 cm³/mol. The zero-order valence-electron chi connectivity index (χ0n) is 19.1. The van der Waals surface area contributed by atoms with Gasteiger partial charge in [0.05, 0.1) is 11.6 Å². The first-order valence-electron chi connectivity index (χ1n) is 11.2. The van der Waals surface area contributed by atoms with Gasteiger partial charge in [0.15, 0.2) is 5.82 Å². The monoisotopic (exact) mass is 452 g/mol. The van der Waals surface area contributed by atoms with Gasteiger partial charge in [0.25, 0.3) is 0 Å². The lowest BCUT2D eigenvalue weighted by Crippen LogP contribution is -2.19. The van der Waals surface area contributed by atoms with Crippen LogP contribution in [0.25, 0.3) is 27.9 Å². The van der Waals surface area contributed by atoms with Gasteiger partial charge in [-0.15, -0.1) is 0 Å². The van der Waals surface area contributed by atoms with Crippen molar-refractivity contribution in [1.29, 1.82) is 0 Å². The van der Waals surface area contributed by atoms with Gasteiger partial charge in [-0.2, -0.15) is 0 Å². The highest BCUT2D eigenvalue weighted by Gasteiger charge is 2.17. The first-order valence-corrected chi connectivity index (χ1v) is 11.2. The standard InChI is InChI=1S/C28H25FN4O/c1-33(18-22-7-3-4-11-25(22)29)28-24-16-20(19-8-5-10-23(15-19)34-2)12-13-26(24)31-27(32-28)21-9-6-14-30-17-21/h3-9,11-17,23H,10,18H2,1-2H3. The molecule has 6 heteroatoms. The van der Waals surface area contributed by atoms with Gasteiger partial charge in [0, 0.05) is 49.6 Å². The van der Waals surface area contributed by atoms with Crippen LogP contribution in [0.4, 0.5) is 10.2 Å². The summed E-state index contributed by atoms with van der Waals surface area (Å²) in [7, 11) is 3.65. The topological polar surface area (TPSA) is 51.1 Å². The van der Waals surface area contributed by atoms with Crippen LogP contribution in [0, 0.1) is 5.82 Å². The molecule has 34 heavy (non-hydrogen) atoms. The zero-order valence-corrected chi connectivity index (χ0v) is 19.1. The molecule has 0 saturated carbocycles. The third-order valence-electron chi connectivity index (χ3n) is 5.99. The normalized spacial score (nSPS) is 15.4. The maximum absolute atomic E-state index is 14.4. The highest BCUT2D eigenvalue weighted by Crippen LogP contribution is 2.32. The van der Waals surface area contributed by atoms with Crippen molar-refractivity contribution in [1.82, 2.24) is 15.0 Å². The Hall–Kier alpha value is -3.90. The van der Waals surface area contributed by atoms with Crippen LogP contribution in [0.3, 0.4) is 0 Å². The number of aromatic nitrogens is 3. The molecule has 5 nitrogen and oxygen atoms in total. The first-order chi connectivity index (χ1) is 16.6. The number of methoxy groups -OCH3 is 1. The molecular formula is C28H25FN4O. The minimum atomic E-state index is -0.232. The number of hydrogen-bond acceptors (Lipinski definition) is 5. The second-order valence-corrected chi connectivity index (χ2v) is 8.33. The number of benzene rings is 2. The van der Waals surface area contributed by atoms with E-state index in [2.05, 4.69) is 35.3 Å². The summed E-state index contributed by atoms with van der Waals surface area (Å²) in [6, 6.07) is 16.8. The first kappa shape index (κ1) is 21.9. The van der Waals surface area contributed by atoms with Crippen LogP contribution in [-0.4, -0.2) is 35.2 Å². The van der Waals surface area contributed by atoms with Gasteiger partial charge in [0.1, 0.15) is 11.6 Å². The van der Waals surface area contributed by atoms with Crippen LogP contribution >= 0.6 is 0 Å². The van der Waals surface area contributed by atoms with Crippen molar-refractivity contribution in [2.45, 2.75) is 19.1 Å². The molecule has 0 aliphatic heterocycles. The summed E-state index contributed by atoms with van der Waals surface area (Å²) in [4.78, 5) is 15.9. The zero-order chi connectivity index (χ0) is 23.5. The van der Waals surface area contributed by atoms with E-state index in [-0.39, 0.29) is 11.9 Å². The van der Waals surface area contributed by atoms with Crippen LogP contribution < -0.4 is 4.90 Å². The molecule has 0 spiro atoms. The van der Waals surface area contributed by atoms with E-state index in [1.54, 1.807) is 31.6 Å². The van der Waals surface area contributed by atoms with E-state index in [1.807, 2.05) is 36.2 Å². The molecule has 170 valence electrons. The summed E-state index contributed by atoms with van der Waals surface area (Å²) in [5.41, 5.74) is 4.41. The van der Waals surface area contributed by atoms with Crippen molar-refractivity contribution >= 4 is 22.3 Å². The van der Waals surface area contributed by atoms with Gasteiger partial charge in [-0.3, -0.25) is 4.98 Å². The van der Waals surface area contributed by atoms with Crippen molar-refractivity contribution in [2.75, 3.05) is 19.1 Å². The fourth-order valence-electron chi connectivity index (χ4n) is 4.17. The van der Waals surface area contributed by atoms with Crippen molar-refractivity contribution in [2.24, 2.45) is 0 Å². The minimum Gasteiger partial charge on any atom is -0.377 e. The Kier molecular flexibility index (Phi) is 6.14. The molecule has 1 unspecified atom stereocenters. The quantitative estimate of drug-likeness (QED) is 0.369. The fourth-order valence-corrected chi connectivity index (χ4v) is 4.17. The van der Waals surface area contributed by atoms with Crippen LogP contribution in [0.2, 0.25) is 0 Å². The molecule has 1 aliphatic rings. The molecule has 4 aromatic rings. The lowest BCUT2D eigenvalue weighted by atomic mass is 9.97. The van der Waals surface area contributed by atoms with Crippen LogP contribution in [0.15, 0.2) is 85.2 Å². The molecular weight excluding hydrogens is 427 g/mol. The van der Waals surface area contributed by atoms with Crippen LogP contribution in [0.5, 0.6) is 0 Å². The van der Waals surface area contributed by atoms with Crippen molar-refractivity contribution in [3.05, 3.63) is 102 Å². The number of allylic oxidation sites excluding steroid dienone is 2. The number of halogens is 1. The summed E-state index contributed by atoms with van der Waals surface area (Å²) >= 11 is 0. The Morgan fingerprint density at radius 1 is 1.06 bits per heavy atom. The average Bonchev–Trinajstić information content (AvgIpc) is 2.89. The maximum atomic E-state index is 14.4. The molecule has 0 saturated heterocycles. The Labute approximate surface area is 198 Å². The number of nitrogens with zero attached hydrogens (tertiary/aromatic N) is 4. The molecule has 2 aromatic carbocycles. The lowest BCUT2D eigenvalue weighted by molar-refractivity contribution is 0.143. The van der Waals surface area contributed by atoms with E-state index in [9.17, 15) is 4.39 Å². The average molecular weight is 453 g/mol. The number of ether oxygens (including phenoxy) is 1. The third-order valence-corrected chi connectivity index (χ3v) is 5.99. The Balaban J connectivity index is 1.63. The van der Waals surface area contributed by atoms with Crippen LogP contribution in [-0.2, 0) is 11.3 Å². The van der Waals surface area contributed by atoms with Gasteiger partial charge in [-0.25, -0.2) is 14.4 Å². The molecule has 2 aromatic heterocycles. The predicted octanol–water partition coefficient (Wildman–Crippen LogP) is 5.83. The molecule has 0 N–H and O–H groups in total. The molecule has 0 amide bonds. The number of rotatable bonds is 6. The summed E-state index contributed by atoms with van der Waals surface area (Å²) < 4.78 is 19.9. The Morgan fingerprint density at radius 2 is 1.94 bits per heavy atom. The van der Waals surface area contributed by atoms with Gasteiger partial charge in [0.2, 0.25) is 0 Å². The number of pyridine rings is 1. The van der Waals surface area contributed by atoms with E-state index < -0.39 is 0 Å². The minimum absolute atomic E-state index is 0.0584. The highest BCUT2D eigenvalue weighted by atomic mass is 19.1. The van der Waals surface area contributed by atoms with Gasteiger partial charge in [-0.05, 0) is 54.0 Å². The van der Waals surface area contributed by atoms with Gasteiger partial charge < -0.3 is 9.64 Å². The summed E-state index contributed by atoms with van der Waals surface area (Å²) in [6.45, 7) is 0.379. The third kappa shape index (κ3) is 4.45. The maximum Gasteiger partial charge on any atom is 0.163 e. The van der Waals surface area contributed by atoms with Crippen molar-refractivity contribution < 1.29 is 9.13 Å². The van der Waals surface area contributed by atoms with Crippen molar-refractivity contribution in [3.8, 4) is 11.4 Å². The second kappa shape index (κ2) is 9.53. The van der Waals surface area contributed by atoms with E-state index in [1.165, 1.54) is 6.07 Å². The highest BCUT2D eigenvalue weighted by molar-refractivity contribution is 5.94. The molecule has 1 aliphatic carbocycles. The SMILES string of the molecule is COC1C=C(c2ccc3nc(-c4cccnc4)nc(N(C)Cc4ccccc4F)c3c2)C=CC1. The summed E-state index contributed by atoms with van der Waals surface area (Å²) in [5.74, 6) is 1.08. The summed E-state index contributed by atoms with van der Waals surface area (Å²) in [5, 5.41) is 0.901. The summed E-state index contributed by atoms with van der Waals surface area (Å²) in [6.07, 6.45) is 10.8. The van der Waals surface area contributed by atoms with E-state index in [0.29, 0.717) is 17.9 Å². The largest absolute Gasteiger partial charge is 0.377 e. The van der Waals surface area contributed by atoms with Gasteiger partial charge >= 0.3 is 0 Å². The number of fused-ring (bicyclic) bond motifs is 1. The number of anilines is 1. The van der Waals surface area contributed by atoms with Crippen LogP contribution in [0.1, 0.15) is 17.5 Å². The number of hydrogen-bond donors (Lipinski definition) is 0. The molecule has 1 atom stereocenters. The molecule has 2 heterocycles. The molecule has 0 fully saturated rings. The smallest absolute Gasteiger partial charge is 0.163 e. The van der Waals surface area contributed by atoms with Crippen molar-refractivity contribution in [3.63, 3.8) is 0 Å². The molecule has 5 rings (SSSR count). The Morgan fingerprint density at radius 3 is 2.74 bits per heavy atom. The molecule has 0 bridgehead atoms. The van der Waals surface area contributed by atoms with E-state index in [4.69, 9.17) is 14.7 Å². The van der Waals surface area contributed by atoms with E-state index >= 15 is 0 Å². The van der Waals surface area contributed by atoms with Gasteiger partial charge in [-0.1, -0.05) is 36.4 Å².